The molecule has 0 amide bonds. The number of aromatic hydroxyl groups is 1. The summed E-state index contributed by atoms with van der Waals surface area (Å²) >= 11 is 0. The Labute approximate surface area is 207 Å². The normalized spacial score (nSPS) is 15.9. The van der Waals surface area contributed by atoms with Crippen molar-refractivity contribution in [3.05, 3.63) is 72.2 Å². The van der Waals surface area contributed by atoms with Crippen LogP contribution in [0.3, 0.4) is 0 Å². The van der Waals surface area contributed by atoms with E-state index < -0.39 is 0 Å². The number of phenolic OH excluding ortho intramolecular Hbond substituents is 1. The van der Waals surface area contributed by atoms with E-state index >= 15 is 0 Å². The molecule has 1 fully saturated rings. The molecule has 1 saturated heterocycles. The lowest BCUT2D eigenvalue weighted by Gasteiger charge is -2.24. The van der Waals surface area contributed by atoms with E-state index in [4.69, 9.17) is 15.1 Å². The lowest BCUT2D eigenvalue weighted by atomic mass is 10.1. The van der Waals surface area contributed by atoms with Crippen molar-refractivity contribution in [2.24, 2.45) is 0 Å². The monoisotopic (exact) mass is 470 g/mol. The smallest absolute Gasteiger partial charge is 0.168 e. The molecule has 5 rings (SSSR count). The molecule has 0 aliphatic carbocycles. The fourth-order valence-corrected chi connectivity index (χ4v) is 4.92. The van der Waals surface area contributed by atoms with Crippen molar-refractivity contribution in [2.45, 2.75) is 45.6 Å². The van der Waals surface area contributed by atoms with Crippen LogP contribution in [0.2, 0.25) is 0 Å². The van der Waals surface area contributed by atoms with E-state index in [1.165, 1.54) is 0 Å². The van der Waals surface area contributed by atoms with Crippen LogP contribution in [0.5, 0.6) is 5.75 Å². The summed E-state index contributed by atoms with van der Waals surface area (Å²) in [5.41, 5.74) is 2.85. The molecule has 0 spiro atoms. The summed E-state index contributed by atoms with van der Waals surface area (Å²) in [4.78, 5) is 14.9. The number of anilines is 1. The zero-order valence-electron chi connectivity index (χ0n) is 20.6. The molecule has 0 unspecified atom stereocenters. The third-order valence-corrected chi connectivity index (χ3v) is 6.86. The zero-order chi connectivity index (χ0) is 24.2. The molecule has 1 N–H and O–H groups in total. The van der Waals surface area contributed by atoms with Crippen molar-refractivity contribution in [1.29, 1.82) is 0 Å². The zero-order valence-corrected chi connectivity index (χ0v) is 20.6. The summed E-state index contributed by atoms with van der Waals surface area (Å²) < 4.78 is 1.94. The van der Waals surface area contributed by atoms with Gasteiger partial charge in [-0.2, -0.15) is 5.10 Å². The van der Waals surface area contributed by atoms with Crippen LogP contribution in [0.4, 0.5) is 5.82 Å². The summed E-state index contributed by atoms with van der Waals surface area (Å²) in [6.45, 7) is 8.88. The average Bonchev–Trinajstić information content (AvgIpc) is 3.17. The molecule has 3 heterocycles. The number of benzene rings is 2. The summed E-state index contributed by atoms with van der Waals surface area (Å²) in [6, 6.07) is 17.8. The Morgan fingerprint density at radius 1 is 0.943 bits per heavy atom. The standard InChI is InChI=1S/C28H34N6O/c1-3-10-21(2)26-30-27(24-19-29-34(28(24)31-26)23-12-5-4-6-13-23)33-16-9-15-32(17-18-33)20-22-11-7-8-14-25(22)35/h4-8,11-14,19,21,35H,3,9-10,15-18,20H2,1-2H3/t21-/m1/s1. The van der Waals surface area contributed by atoms with Crippen molar-refractivity contribution in [2.75, 3.05) is 31.1 Å². The Hall–Kier alpha value is -3.45. The lowest BCUT2D eigenvalue weighted by molar-refractivity contribution is 0.281. The van der Waals surface area contributed by atoms with Crippen molar-refractivity contribution in [3.8, 4) is 11.4 Å². The van der Waals surface area contributed by atoms with Crippen molar-refractivity contribution in [1.82, 2.24) is 24.6 Å². The van der Waals surface area contributed by atoms with Crippen LogP contribution < -0.4 is 4.90 Å². The van der Waals surface area contributed by atoms with Crippen molar-refractivity contribution in [3.63, 3.8) is 0 Å². The molecular weight excluding hydrogens is 436 g/mol. The first-order valence-corrected chi connectivity index (χ1v) is 12.7. The van der Waals surface area contributed by atoms with Gasteiger partial charge in [0.2, 0.25) is 0 Å². The Kier molecular flexibility index (Phi) is 6.95. The average molecular weight is 471 g/mol. The molecule has 182 valence electrons. The molecule has 1 atom stereocenters. The van der Waals surface area contributed by atoms with Crippen LogP contribution in [0.15, 0.2) is 60.8 Å². The predicted octanol–water partition coefficient (Wildman–Crippen LogP) is 5.14. The van der Waals surface area contributed by atoms with Gasteiger partial charge in [-0.05, 0) is 31.0 Å². The molecule has 0 saturated carbocycles. The van der Waals surface area contributed by atoms with E-state index in [2.05, 4.69) is 35.8 Å². The van der Waals surface area contributed by atoms with Gasteiger partial charge in [0.25, 0.3) is 0 Å². The highest BCUT2D eigenvalue weighted by Gasteiger charge is 2.23. The highest BCUT2D eigenvalue weighted by atomic mass is 16.3. The maximum atomic E-state index is 10.2. The molecule has 0 radical (unpaired) electrons. The van der Waals surface area contributed by atoms with Crippen molar-refractivity contribution < 1.29 is 5.11 Å². The third kappa shape index (κ3) is 5.00. The minimum atomic E-state index is 0.284. The second-order valence-electron chi connectivity index (χ2n) is 9.47. The van der Waals surface area contributed by atoms with Gasteiger partial charge in [-0.25, -0.2) is 14.6 Å². The largest absolute Gasteiger partial charge is 0.508 e. The molecular formula is C28H34N6O. The highest BCUT2D eigenvalue weighted by molar-refractivity contribution is 5.88. The lowest BCUT2D eigenvalue weighted by Crippen LogP contribution is -2.31. The van der Waals surface area contributed by atoms with Gasteiger partial charge in [0.1, 0.15) is 17.4 Å². The molecule has 0 bridgehead atoms. The van der Waals surface area contributed by atoms with Crippen LogP contribution in [0.1, 0.15) is 50.4 Å². The number of aromatic nitrogens is 4. The number of hydrogen-bond acceptors (Lipinski definition) is 6. The van der Waals surface area contributed by atoms with E-state index in [1.54, 1.807) is 6.07 Å². The second kappa shape index (κ2) is 10.4. The Balaban J connectivity index is 1.47. The van der Waals surface area contributed by atoms with Gasteiger partial charge in [0.15, 0.2) is 5.65 Å². The number of fused-ring (bicyclic) bond motifs is 1. The summed E-state index contributed by atoms with van der Waals surface area (Å²) in [7, 11) is 0. The third-order valence-electron chi connectivity index (χ3n) is 6.86. The van der Waals surface area contributed by atoms with Crippen molar-refractivity contribution >= 4 is 16.9 Å². The first-order valence-electron chi connectivity index (χ1n) is 12.7. The maximum absolute atomic E-state index is 10.2. The molecule has 7 heteroatoms. The fraction of sp³-hybridized carbons (Fsp3) is 0.393. The topological polar surface area (TPSA) is 70.3 Å². The Morgan fingerprint density at radius 2 is 1.74 bits per heavy atom. The van der Waals surface area contributed by atoms with Crippen LogP contribution in [-0.2, 0) is 6.54 Å². The van der Waals surface area contributed by atoms with E-state index in [0.29, 0.717) is 5.75 Å². The molecule has 2 aromatic carbocycles. The first kappa shape index (κ1) is 23.3. The molecule has 4 aromatic rings. The quantitative estimate of drug-likeness (QED) is 0.403. The maximum Gasteiger partial charge on any atom is 0.168 e. The number of hydrogen-bond donors (Lipinski definition) is 1. The first-order chi connectivity index (χ1) is 17.1. The molecule has 2 aromatic heterocycles. The van der Waals surface area contributed by atoms with Crippen LogP contribution >= 0.6 is 0 Å². The summed E-state index contributed by atoms with van der Waals surface area (Å²) in [5, 5.41) is 15.9. The van der Waals surface area contributed by atoms with E-state index in [1.807, 2.05) is 47.3 Å². The SMILES string of the molecule is CCC[C@@H](C)c1nc(N2CCCN(Cc3ccccc3O)CC2)c2cnn(-c3ccccc3)c2n1. The van der Waals surface area contributed by atoms with Gasteiger partial charge in [-0.15, -0.1) is 0 Å². The van der Waals surface area contributed by atoms with Crippen LogP contribution in [0, 0.1) is 0 Å². The van der Waals surface area contributed by atoms with E-state index in [9.17, 15) is 5.11 Å². The fourth-order valence-electron chi connectivity index (χ4n) is 4.92. The van der Waals surface area contributed by atoms with Gasteiger partial charge >= 0.3 is 0 Å². The molecule has 1 aliphatic heterocycles. The highest BCUT2D eigenvalue weighted by Crippen LogP contribution is 2.30. The van der Waals surface area contributed by atoms with Gasteiger partial charge in [-0.3, -0.25) is 4.90 Å². The molecule has 7 nitrogen and oxygen atoms in total. The second-order valence-corrected chi connectivity index (χ2v) is 9.47. The Morgan fingerprint density at radius 3 is 2.54 bits per heavy atom. The number of rotatable bonds is 7. The Bertz CT molecular complexity index is 1270. The van der Waals surface area contributed by atoms with Gasteiger partial charge in [0.05, 0.1) is 17.3 Å². The van der Waals surface area contributed by atoms with Gasteiger partial charge in [0, 0.05) is 44.2 Å². The minimum Gasteiger partial charge on any atom is -0.508 e. The van der Waals surface area contributed by atoms with Gasteiger partial charge in [-0.1, -0.05) is 56.7 Å². The number of para-hydroxylation sites is 2. The minimum absolute atomic E-state index is 0.284. The summed E-state index contributed by atoms with van der Waals surface area (Å²) in [5.74, 6) is 2.53. The number of nitrogens with zero attached hydrogens (tertiary/aromatic N) is 6. The van der Waals surface area contributed by atoms with Gasteiger partial charge < -0.3 is 10.0 Å². The number of phenols is 1. The summed E-state index contributed by atoms with van der Waals surface area (Å²) in [6.07, 6.45) is 5.10. The predicted molar refractivity (Wildman–Crippen MR) is 140 cm³/mol. The molecule has 35 heavy (non-hydrogen) atoms. The van der Waals surface area contributed by atoms with E-state index in [-0.39, 0.29) is 5.92 Å². The van der Waals surface area contributed by atoms with E-state index in [0.717, 1.165) is 85.9 Å². The molecule has 1 aliphatic rings. The van der Waals surface area contributed by atoms with Crippen LogP contribution in [0.25, 0.3) is 16.7 Å². The van der Waals surface area contributed by atoms with Crippen LogP contribution in [-0.4, -0.2) is 55.9 Å².